The number of hydrogen-bond acceptors (Lipinski definition) is 3. The van der Waals surface area contributed by atoms with Crippen LogP contribution >= 0.6 is 0 Å². The van der Waals surface area contributed by atoms with Gasteiger partial charge < -0.3 is 5.11 Å². The van der Waals surface area contributed by atoms with Crippen molar-refractivity contribution in [2.24, 2.45) is 0 Å². The molecule has 0 amide bonds. The maximum Gasteiger partial charge on any atom is 0.241 e. The van der Waals surface area contributed by atoms with Gasteiger partial charge in [-0.3, -0.25) is 0 Å². The third-order valence-corrected chi connectivity index (χ3v) is 4.85. The monoisotopic (exact) mass is 305 g/mol. The summed E-state index contributed by atoms with van der Waals surface area (Å²) >= 11 is 0. The summed E-state index contributed by atoms with van der Waals surface area (Å²) in [5.74, 6) is 0. The molecule has 0 fully saturated rings. The SMILES string of the molecule is Cc1ccc(CNS(=O)(=O)c2cc(CO)ccc2C)cc1. The Kier molecular flexibility index (Phi) is 4.77. The second-order valence-corrected chi connectivity index (χ2v) is 6.80. The van der Waals surface area contributed by atoms with Gasteiger partial charge in [0.05, 0.1) is 11.5 Å². The highest BCUT2D eigenvalue weighted by Crippen LogP contribution is 2.17. The van der Waals surface area contributed by atoms with Crippen molar-refractivity contribution in [2.75, 3.05) is 0 Å². The van der Waals surface area contributed by atoms with Gasteiger partial charge in [-0.2, -0.15) is 0 Å². The molecule has 0 saturated heterocycles. The lowest BCUT2D eigenvalue weighted by Gasteiger charge is -2.11. The Morgan fingerprint density at radius 1 is 1.00 bits per heavy atom. The summed E-state index contributed by atoms with van der Waals surface area (Å²) in [6, 6.07) is 12.6. The molecule has 5 heteroatoms. The zero-order chi connectivity index (χ0) is 15.5. The minimum Gasteiger partial charge on any atom is -0.392 e. The first kappa shape index (κ1) is 15.7. The molecule has 0 aliphatic carbocycles. The van der Waals surface area contributed by atoms with Gasteiger partial charge >= 0.3 is 0 Å². The first-order valence-electron chi connectivity index (χ1n) is 6.68. The summed E-state index contributed by atoms with van der Waals surface area (Å²) in [4.78, 5) is 0.209. The highest BCUT2D eigenvalue weighted by molar-refractivity contribution is 7.89. The summed E-state index contributed by atoms with van der Waals surface area (Å²) in [6.45, 7) is 3.78. The third kappa shape index (κ3) is 3.91. The Labute approximate surface area is 125 Å². The first-order chi connectivity index (χ1) is 9.92. The van der Waals surface area contributed by atoms with E-state index in [0.29, 0.717) is 11.1 Å². The van der Waals surface area contributed by atoms with E-state index >= 15 is 0 Å². The fraction of sp³-hybridized carbons (Fsp3) is 0.250. The summed E-state index contributed by atoms with van der Waals surface area (Å²) in [5, 5.41) is 9.14. The number of aliphatic hydroxyl groups is 1. The normalized spacial score (nSPS) is 11.6. The molecule has 2 N–H and O–H groups in total. The number of nitrogens with one attached hydrogen (secondary N) is 1. The lowest BCUT2D eigenvalue weighted by atomic mass is 10.2. The summed E-state index contributed by atoms with van der Waals surface area (Å²) in [7, 11) is -3.59. The van der Waals surface area contributed by atoms with Gasteiger partial charge in [0.1, 0.15) is 0 Å². The average Bonchev–Trinajstić information content (AvgIpc) is 2.47. The van der Waals surface area contributed by atoms with Gasteiger partial charge in [-0.05, 0) is 36.6 Å². The van der Waals surface area contributed by atoms with Crippen molar-refractivity contribution < 1.29 is 13.5 Å². The van der Waals surface area contributed by atoms with Gasteiger partial charge in [0.25, 0.3) is 0 Å². The van der Waals surface area contributed by atoms with E-state index in [-0.39, 0.29) is 18.0 Å². The third-order valence-electron chi connectivity index (χ3n) is 3.31. The number of aryl methyl sites for hydroxylation is 2. The largest absolute Gasteiger partial charge is 0.392 e. The number of hydrogen-bond donors (Lipinski definition) is 2. The molecule has 2 aromatic carbocycles. The van der Waals surface area contributed by atoms with Gasteiger partial charge in [0, 0.05) is 6.54 Å². The van der Waals surface area contributed by atoms with Crippen LogP contribution in [-0.2, 0) is 23.2 Å². The van der Waals surface area contributed by atoms with Gasteiger partial charge in [-0.15, -0.1) is 0 Å². The molecule has 2 aromatic rings. The maximum absolute atomic E-state index is 12.4. The molecule has 0 heterocycles. The quantitative estimate of drug-likeness (QED) is 0.890. The van der Waals surface area contributed by atoms with Crippen molar-refractivity contribution in [1.29, 1.82) is 0 Å². The Bertz CT molecular complexity index is 722. The fourth-order valence-corrected chi connectivity index (χ4v) is 3.31. The van der Waals surface area contributed by atoms with Gasteiger partial charge in [0.2, 0.25) is 10.0 Å². The molecular formula is C16H19NO3S. The molecule has 0 unspecified atom stereocenters. The molecule has 0 bridgehead atoms. The van der Waals surface area contributed by atoms with Crippen molar-refractivity contribution in [1.82, 2.24) is 4.72 Å². The lowest BCUT2D eigenvalue weighted by Crippen LogP contribution is -2.24. The predicted octanol–water partition coefficient (Wildman–Crippen LogP) is 2.27. The second-order valence-electron chi connectivity index (χ2n) is 5.07. The fourth-order valence-electron chi connectivity index (χ4n) is 1.99. The Morgan fingerprint density at radius 2 is 1.62 bits per heavy atom. The van der Waals surface area contributed by atoms with Gasteiger partial charge in [-0.1, -0.05) is 42.0 Å². The molecule has 0 saturated carbocycles. The first-order valence-corrected chi connectivity index (χ1v) is 8.16. The standard InChI is InChI=1S/C16H19NO3S/c1-12-3-6-14(7-4-12)10-17-21(19,20)16-9-15(11-18)8-5-13(16)2/h3-9,17-18H,10-11H2,1-2H3. The summed E-state index contributed by atoms with van der Waals surface area (Å²) < 4.78 is 27.3. The molecule has 21 heavy (non-hydrogen) atoms. The molecule has 0 atom stereocenters. The highest BCUT2D eigenvalue weighted by Gasteiger charge is 2.17. The number of rotatable bonds is 5. The van der Waals surface area contributed by atoms with E-state index in [1.807, 2.05) is 31.2 Å². The van der Waals surface area contributed by atoms with E-state index in [1.54, 1.807) is 19.1 Å². The van der Waals surface area contributed by atoms with Crippen molar-refractivity contribution in [2.45, 2.75) is 31.9 Å². The topological polar surface area (TPSA) is 66.4 Å². The zero-order valence-electron chi connectivity index (χ0n) is 12.1. The van der Waals surface area contributed by atoms with E-state index < -0.39 is 10.0 Å². The van der Waals surface area contributed by atoms with Crippen LogP contribution < -0.4 is 4.72 Å². The number of aliphatic hydroxyl groups excluding tert-OH is 1. The van der Waals surface area contributed by atoms with Crippen molar-refractivity contribution in [3.05, 3.63) is 64.7 Å². The van der Waals surface area contributed by atoms with Crippen molar-refractivity contribution in [3.63, 3.8) is 0 Å². The molecule has 2 rings (SSSR count). The molecule has 0 aliphatic heterocycles. The highest BCUT2D eigenvalue weighted by atomic mass is 32.2. The van der Waals surface area contributed by atoms with Crippen LogP contribution in [-0.4, -0.2) is 13.5 Å². The second kappa shape index (κ2) is 6.39. The van der Waals surface area contributed by atoms with Gasteiger partial charge in [-0.25, -0.2) is 13.1 Å². The molecule has 4 nitrogen and oxygen atoms in total. The van der Waals surface area contributed by atoms with Crippen molar-refractivity contribution >= 4 is 10.0 Å². The smallest absolute Gasteiger partial charge is 0.241 e. The lowest BCUT2D eigenvalue weighted by molar-refractivity contribution is 0.281. The Morgan fingerprint density at radius 3 is 2.24 bits per heavy atom. The molecule has 0 aromatic heterocycles. The van der Waals surface area contributed by atoms with Crippen LogP contribution in [0.3, 0.4) is 0 Å². The Hall–Kier alpha value is -1.69. The molecule has 112 valence electrons. The van der Waals surface area contributed by atoms with Crippen LogP contribution in [0.5, 0.6) is 0 Å². The molecule has 0 spiro atoms. The molecule has 0 aliphatic rings. The van der Waals surface area contributed by atoms with Crippen LogP contribution in [0.15, 0.2) is 47.4 Å². The predicted molar refractivity (Wildman–Crippen MR) is 82.3 cm³/mol. The number of benzene rings is 2. The van der Waals surface area contributed by atoms with E-state index in [4.69, 9.17) is 5.11 Å². The van der Waals surface area contributed by atoms with Crippen LogP contribution in [0.25, 0.3) is 0 Å². The zero-order valence-corrected chi connectivity index (χ0v) is 12.9. The van der Waals surface area contributed by atoms with Crippen LogP contribution in [0.4, 0.5) is 0 Å². The van der Waals surface area contributed by atoms with E-state index in [2.05, 4.69) is 4.72 Å². The summed E-state index contributed by atoms with van der Waals surface area (Å²) in [6.07, 6.45) is 0. The van der Waals surface area contributed by atoms with Crippen molar-refractivity contribution in [3.8, 4) is 0 Å². The van der Waals surface area contributed by atoms with E-state index in [0.717, 1.165) is 11.1 Å². The van der Waals surface area contributed by atoms with Crippen LogP contribution in [0, 0.1) is 13.8 Å². The van der Waals surface area contributed by atoms with E-state index in [9.17, 15) is 8.42 Å². The average molecular weight is 305 g/mol. The van der Waals surface area contributed by atoms with E-state index in [1.165, 1.54) is 6.07 Å². The van der Waals surface area contributed by atoms with Gasteiger partial charge in [0.15, 0.2) is 0 Å². The minimum absolute atomic E-state index is 0.180. The number of sulfonamides is 1. The summed E-state index contributed by atoms with van der Waals surface area (Å²) in [5.41, 5.74) is 3.27. The van der Waals surface area contributed by atoms with Crippen LogP contribution in [0.1, 0.15) is 22.3 Å². The maximum atomic E-state index is 12.4. The van der Waals surface area contributed by atoms with Crippen LogP contribution in [0.2, 0.25) is 0 Å². The Balaban J connectivity index is 2.20. The molecular weight excluding hydrogens is 286 g/mol. The minimum atomic E-state index is -3.59. The molecule has 0 radical (unpaired) electrons.